The highest BCUT2D eigenvalue weighted by molar-refractivity contribution is 5.23. The van der Waals surface area contributed by atoms with Crippen LogP contribution in [0.25, 0.3) is 0 Å². The molecule has 102 valence electrons. The highest BCUT2D eigenvalue weighted by Gasteiger charge is 2.21. The molecule has 0 fully saturated rings. The van der Waals surface area contributed by atoms with Crippen molar-refractivity contribution in [1.29, 1.82) is 0 Å². The molecule has 0 spiro atoms. The van der Waals surface area contributed by atoms with Crippen LogP contribution in [0.3, 0.4) is 0 Å². The molecule has 2 heteroatoms. The molecule has 0 saturated heterocycles. The molecule has 1 aromatic carbocycles. The van der Waals surface area contributed by atoms with Gasteiger partial charge in [0.05, 0.1) is 6.10 Å². The first-order chi connectivity index (χ1) is 8.45. The second-order valence-corrected chi connectivity index (χ2v) is 5.55. The monoisotopic (exact) mass is 249 g/mol. The number of aliphatic hydroxyl groups excluding tert-OH is 1. The summed E-state index contributed by atoms with van der Waals surface area (Å²) in [5.74, 6) is 0.669. The van der Waals surface area contributed by atoms with Gasteiger partial charge < -0.3 is 10.0 Å². The number of rotatable bonds is 6. The number of hydrogen-bond acceptors (Lipinski definition) is 2. The van der Waals surface area contributed by atoms with Gasteiger partial charge in [0.2, 0.25) is 0 Å². The van der Waals surface area contributed by atoms with Crippen LogP contribution < -0.4 is 0 Å². The van der Waals surface area contributed by atoms with Gasteiger partial charge in [-0.1, -0.05) is 50.1 Å². The molecular formula is C16H27NO. The SMILES string of the molecule is CCC(C)CN(C)C(C)C(O)c1ccc(C)cc1. The highest BCUT2D eigenvalue weighted by Crippen LogP contribution is 2.21. The molecule has 2 nitrogen and oxygen atoms in total. The Hall–Kier alpha value is -0.860. The summed E-state index contributed by atoms with van der Waals surface area (Å²) in [5.41, 5.74) is 2.23. The predicted molar refractivity (Wildman–Crippen MR) is 77.7 cm³/mol. The number of hydrogen-bond donors (Lipinski definition) is 1. The van der Waals surface area contributed by atoms with E-state index in [0.29, 0.717) is 5.92 Å². The highest BCUT2D eigenvalue weighted by atomic mass is 16.3. The molecule has 0 radical (unpaired) electrons. The molecule has 18 heavy (non-hydrogen) atoms. The third-order valence-corrected chi connectivity index (χ3v) is 3.87. The zero-order valence-corrected chi connectivity index (χ0v) is 12.4. The van der Waals surface area contributed by atoms with Gasteiger partial charge >= 0.3 is 0 Å². The molecule has 0 amide bonds. The van der Waals surface area contributed by atoms with E-state index in [9.17, 15) is 5.11 Å². The Kier molecular flexibility index (Phi) is 5.83. The Morgan fingerprint density at radius 2 is 1.72 bits per heavy atom. The molecule has 0 aliphatic heterocycles. The lowest BCUT2D eigenvalue weighted by Gasteiger charge is -2.31. The van der Waals surface area contributed by atoms with E-state index in [1.54, 1.807) is 0 Å². The van der Waals surface area contributed by atoms with Crippen LogP contribution in [-0.4, -0.2) is 29.6 Å². The maximum atomic E-state index is 10.4. The van der Waals surface area contributed by atoms with E-state index in [-0.39, 0.29) is 6.04 Å². The molecule has 1 N–H and O–H groups in total. The smallest absolute Gasteiger partial charge is 0.0942 e. The minimum absolute atomic E-state index is 0.140. The van der Waals surface area contributed by atoms with Crippen LogP contribution in [0.4, 0.5) is 0 Å². The second-order valence-electron chi connectivity index (χ2n) is 5.55. The lowest BCUT2D eigenvalue weighted by molar-refractivity contribution is 0.0652. The molecule has 0 aliphatic carbocycles. The lowest BCUT2D eigenvalue weighted by Crippen LogP contribution is -2.37. The number of nitrogens with zero attached hydrogens (tertiary/aromatic N) is 1. The second kappa shape index (κ2) is 6.91. The molecule has 1 rings (SSSR count). The first kappa shape index (κ1) is 15.2. The fraction of sp³-hybridized carbons (Fsp3) is 0.625. The van der Waals surface area contributed by atoms with E-state index in [4.69, 9.17) is 0 Å². The van der Waals surface area contributed by atoms with Gasteiger partial charge in [0.1, 0.15) is 0 Å². The molecule has 1 aromatic rings. The van der Waals surface area contributed by atoms with Crippen molar-refractivity contribution in [3.63, 3.8) is 0 Å². The summed E-state index contributed by atoms with van der Waals surface area (Å²) in [4.78, 5) is 2.25. The van der Waals surface area contributed by atoms with E-state index in [0.717, 1.165) is 12.1 Å². The number of benzene rings is 1. The predicted octanol–water partition coefficient (Wildman–Crippen LogP) is 3.39. The van der Waals surface area contributed by atoms with Crippen LogP contribution in [0, 0.1) is 12.8 Å². The molecule has 3 atom stereocenters. The maximum Gasteiger partial charge on any atom is 0.0942 e. The van der Waals surface area contributed by atoms with E-state index < -0.39 is 6.10 Å². The molecule has 0 saturated carbocycles. The first-order valence-corrected chi connectivity index (χ1v) is 6.90. The van der Waals surface area contributed by atoms with Crippen LogP contribution in [0.5, 0.6) is 0 Å². The Morgan fingerprint density at radius 1 is 1.17 bits per heavy atom. The fourth-order valence-corrected chi connectivity index (χ4v) is 2.07. The summed E-state index contributed by atoms with van der Waals surface area (Å²) in [7, 11) is 2.09. The van der Waals surface area contributed by atoms with Gasteiger partial charge in [-0.15, -0.1) is 0 Å². The van der Waals surface area contributed by atoms with E-state index in [1.807, 2.05) is 12.1 Å². The van der Waals surface area contributed by atoms with Crippen molar-refractivity contribution < 1.29 is 5.11 Å². The average Bonchev–Trinajstić information content (AvgIpc) is 2.37. The molecule has 0 aromatic heterocycles. The van der Waals surface area contributed by atoms with Crippen molar-refractivity contribution in [2.45, 2.75) is 46.3 Å². The summed E-state index contributed by atoms with van der Waals surface area (Å²) < 4.78 is 0. The molecule has 0 heterocycles. The van der Waals surface area contributed by atoms with Gasteiger partial charge in [0, 0.05) is 12.6 Å². The number of likely N-dealkylation sites (N-methyl/N-ethyl adjacent to an activating group) is 1. The van der Waals surface area contributed by atoms with Crippen molar-refractivity contribution in [3.8, 4) is 0 Å². The van der Waals surface area contributed by atoms with Crippen LogP contribution in [0.1, 0.15) is 44.4 Å². The summed E-state index contributed by atoms with van der Waals surface area (Å²) in [6.07, 6.45) is 0.761. The van der Waals surface area contributed by atoms with Gasteiger partial charge in [-0.25, -0.2) is 0 Å². The number of aliphatic hydroxyl groups is 1. The van der Waals surface area contributed by atoms with Gasteiger partial charge in [0.25, 0.3) is 0 Å². The Bertz CT molecular complexity index is 347. The largest absolute Gasteiger partial charge is 0.387 e. The van der Waals surface area contributed by atoms with Gasteiger partial charge in [0.15, 0.2) is 0 Å². The van der Waals surface area contributed by atoms with E-state index in [2.05, 4.69) is 51.8 Å². The van der Waals surface area contributed by atoms with Crippen molar-refractivity contribution >= 4 is 0 Å². The van der Waals surface area contributed by atoms with Crippen LogP contribution in [0.15, 0.2) is 24.3 Å². The Labute approximate surface area is 112 Å². The Morgan fingerprint density at radius 3 is 2.22 bits per heavy atom. The third kappa shape index (κ3) is 4.11. The standard InChI is InChI=1S/C16H27NO/c1-6-12(2)11-17(5)14(4)16(18)15-9-7-13(3)8-10-15/h7-10,12,14,16,18H,6,11H2,1-5H3. The summed E-state index contributed by atoms with van der Waals surface area (Å²) in [6, 6.07) is 8.29. The Balaban J connectivity index is 2.65. The summed E-state index contributed by atoms with van der Waals surface area (Å²) in [6.45, 7) is 9.64. The number of aryl methyl sites for hydroxylation is 1. The van der Waals surface area contributed by atoms with Crippen molar-refractivity contribution in [2.24, 2.45) is 5.92 Å². The van der Waals surface area contributed by atoms with Gasteiger partial charge in [-0.2, -0.15) is 0 Å². The first-order valence-electron chi connectivity index (χ1n) is 6.90. The minimum atomic E-state index is -0.417. The molecular weight excluding hydrogens is 222 g/mol. The minimum Gasteiger partial charge on any atom is -0.387 e. The van der Waals surface area contributed by atoms with Crippen LogP contribution >= 0.6 is 0 Å². The summed E-state index contributed by atoms with van der Waals surface area (Å²) in [5, 5.41) is 10.4. The third-order valence-electron chi connectivity index (χ3n) is 3.87. The van der Waals surface area contributed by atoms with Gasteiger partial charge in [-0.05, 0) is 32.4 Å². The van der Waals surface area contributed by atoms with E-state index in [1.165, 1.54) is 12.0 Å². The zero-order valence-electron chi connectivity index (χ0n) is 12.4. The van der Waals surface area contributed by atoms with Crippen molar-refractivity contribution in [3.05, 3.63) is 35.4 Å². The zero-order chi connectivity index (χ0) is 13.7. The van der Waals surface area contributed by atoms with E-state index >= 15 is 0 Å². The van der Waals surface area contributed by atoms with Crippen LogP contribution in [0.2, 0.25) is 0 Å². The van der Waals surface area contributed by atoms with Crippen molar-refractivity contribution in [1.82, 2.24) is 4.90 Å². The van der Waals surface area contributed by atoms with Crippen molar-refractivity contribution in [2.75, 3.05) is 13.6 Å². The molecule has 0 bridgehead atoms. The molecule has 0 aliphatic rings. The molecule has 3 unspecified atom stereocenters. The normalized spacial score (nSPS) is 16.6. The fourth-order valence-electron chi connectivity index (χ4n) is 2.07. The van der Waals surface area contributed by atoms with Crippen LogP contribution in [-0.2, 0) is 0 Å². The quantitative estimate of drug-likeness (QED) is 0.835. The topological polar surface area (TPSA) is 23.5 Å². The maximum absolute atomic E-state index is 10.4. The van der Waals surface area contributed by atoms with Gasteiger partial charge in [-0.3, -0.25) is 0 Å². The average molecular weight is 249 g/mol. The lowest BCUT2D eigenvalue weighted by atomic mass is 10.00. The summed E-state index contributed by atoms with van der Waals surface area (Å²) >= 11 is 0.